The molecule has 3 rings (SSSR count). The summed E-state index contributed by atoms with van der Waals surface area (Å²) < 4.78 is 7.87. The molecule has 1 aromatic heterocycles. The van der Waals surface area contributed by atoms with Crippen LogP contribution in [0.5, 0.6) is 5.75 Å². The molecule has 0 radical (unpaired) electrons. The Morgan fingerprint density at radius 2 is 1.77 bits per heavy atom. The van der Waals surface area contributed by atoms with Crippen molar-refractivity contribution in [3.8, 4) is 5.75 Å². The summed E-state index contributed by atoms with van der Waals surface area (Å²) in [4.78, 5) is 9.34. The molecule has 0 unspecified atom stereocenters. The Kier molecular flexibility index (Phi) is 5.08. The summed E-state index contributed by atoms with van der Waals surface area (Å²) in [5.74, 6) is 2.09. The Bertz CT molecular complexity index is 561. The molecule has 118 valence electrons. The van der Waals surface area contributed by atoms with Gasteiger partial charge < -0.3 is 9.30 Å². The van der Waals surface area contributed by atoms with Crippen LogP contribution in [0.2, 0.25) is 0 Å². The maximum Gasteiger partial charge on any atom is 0.122 e. The number of hydrogen-bond donors (Lipinski definition) is 0. The van der Waals surface area contributed by atoms with Crippen molar-refractivity contribution in [2.75, 3.05) is 39.3 Å². The van der Waals surface area contributed by atoms with Crippen molar-refractivity contribution < 1.29 is 4.74 Å². The van der Waals surface area contributed by atoms with Gasteiger partial charge in [-0.1, -0.05) is 18.2 Å². The van der Waals surface area contributed by atoms with Crippen LogP contribution in [0.1, 0.15) is 5.82 Å². The molecule has 2 aromatic rings. The molecule has 0 amide bonds. The van der Waals surface area contributed by atoms with Gasteiger partial charge in [0.2, 0.25) is 0 Å². The summed E-state index contributed by atoms with van der Waals surface area (Å²) in [7, 11) is 2.06. The molecule has 0 saturated carbocycles. The van der Waals surface area contributed by atoms with E-state index in [9.17, 15) is 0 Å². The van der Waals surface area contributed by atoms with Crippen LogP contribution in [0.25, 0.3) is 0 Å². The van der Waals surface area contributed by atoms with Crippen LogP contribution in [0.15, 0.2) is 42.7 Å². The normalized spacial score (nSPS) is 16.8. The molecule has 5 nitrogen and oxygen atoms in total. The van der Waals surface area contributed by atoms with Gasteiger partial charge in [-0.2, -0.15) is 0 Å². The quantitative estimate of drug-likeness (QED) is 0.812. The Balaban J connectivity index is 1.36. The number of rotatable bonds is 6. The van der Waals surface area contributed by atoms with Crippen LogP contribution < -0.4 is 4.74 Å². The number of benzene rings is 1. The molecule has 1 aliphatic rings. The minimum absolute atomic E-state index is 0.753. The third-order valence-corrected chi connectivity index (χ3v) is 4.17. The van der Waals surface area contributed by atoms with Gasteiger partial charge in [0, 0.05) is 52.2 Å². The topological polar surface area (TPSA) is 33.5 Å². The first-order valence-electron chi connectivity index (χ1n) is 7.90. The summed E-state index contributed by atoms with van der Waals surface area (Å²) in [5, 5.41) is 0. The van der Waals surface area contributed by atoms with E-state index < -0.39 is 0 Å². The number of aryl methyl sites for hydroxylation is 1. The molecule has 0 bridgehead atoms. The smallest absolute Gasteiger partial charge is 0.122 e. The first-order valence-corrected chi connectivity index (χ1v) is 7.90. The first-order chi connectivity index (χ1) is 10.8. The van der Waals surface area contributed by atoms with Gasteiger partial charge in [0.15, 0.2) is 0 Å². The van der Waals surface area contributed by atoms with Gasteiger partial charge in [-0.05, 0) is 12.1 Å². The van der Waals surface area contributed by atoms with Crippen molar-refractivity contribution in [1.82, 2.24) is 19.4 Å². The summed E-state index contributed by atoms with van der Waals surface area (Å²) >= 11 is 0. The van der Waals surface area contributed by atoms with E-state index in [-0.39, 0.29) is 0 Å². The van der Waals surface area contributed by atoms with Gasteiger partial charge in [-0.15, -0.1) is 0 Å². The second-order valence-electron chi connectivity index (χ2n) is 5.73. The minimum atomic E-state index is 0.753. The van der Waals surface area contributed by atoms with E-state index in [0.717, 1.165) is 57.4 Å². The zero-order valence-corrected chi connectivity index (χ0v) is 13.2. The number of hydrogen-bond acceptors (Lipinski definition) is 4. The van der Waals surface area contributed by atoms with E-state index in [2.05, 4.69) is 26.4 Å². The monoisotopic (exact) mass is 300 g/mol. The molecule has 1 aliphatic heterocycles. The van der Waals surface area contributed by atoms with E-state index in [1.807, 2.05) is 42.7 Å². The Hall–Kier alpha value is -1.85. The van der Waals surface area contributed by atoms with Gasteiger partial charge in [0.25, 0.3) is 0 Å². The van der Waals surface area contributed by atoms with Gasteiger partial charge in [-0.25, -0.2) is 4.98 Å². The molecule has 0 aliphatic carbocycles. The number of ether oxygens (including phenoxy) is 1. The molecule has 1 saturated heterocycles. The van der Waals surface area contributed by atoms with Crippen molar-refractivity contribution in [3.05, 3.63) is 48.5 Å². The second-order valence-corrected chi connectivity index (χ2v) is 5.73. The SMILES string of the molecule is Cn1ccnc1CN1CCN(CCOc2ccccc2)CC1. The van der Waals surface area contributed by atoms with Crippen LogP contribution in [-0.2, 0) is 13.6 Å². The zero-order valence-electron chi connectivity index (χ0n) is 13.2. The largest absolute Gasteiger partial charge is 0.492 e. The number of imidazole rings is 1. The lowest BCUT2D eigenvalue weighted by atomic mass is 10.3. The molecule has 2 heterocycles. The third kappa shape index (κ3) is 4.08. The van der Waals surface area contributed by atoms with Crippen molar-refractivity contribution in [1.29, 1.82) is 0 Å². The van der Waals surface area contributed by atoms with Gasteiger partial charge in [0.1, 0.15) is 18.2 Å². The van der Waals surface area contributed by atoms with E-state index in [4.69, 9.17) is 4.74 Å². The summed E-state index contributed by atoms with van der Waals surface area (Å²) in [5.41, 5.74) is 0. The lowest BCUT2D eigenvalue weighted by Gasteiger charge is -2.34. The van der Waals surface area contributed by atoms with Crippen LogP contribution >= 0.6 is 0 Å². The molecule has 1 aromatic carbocycles. The van der Waals surface area contributed by atoms with Crippen LogP contribution in [0, 0.1) is 0 Å². The average Bonchev–Trinajstić information content (AvgIpc) is 2.95. The molecule has 0 N–H and O–H groups in total. The van der Waals surface area contributed by atoms with Gasteiger partial charge in [0.05, 0.1) is 6.54 Å². The van der Waals surface area contributed by atoms with Crippen molar-refractivity contribution in [2.24, 2.45) is 7.05 Å². The molecular weight excluding hydrogens is 276 g/mol. The highest BCUT2D eigenvalue weighted by molar-refractivity contribution is 5.20. The predicted octanol–water partition coefficient (Wildman–Crippen LogP) is 1.62. The number of para-hydroxylation sites is 1. The third-order valence-electron chi connectivity index (χ3n) is 4.17. The molecule has 1 fully saturated rings. The molecule has 5 heteroatoms. The summed E-state index contributed by atoms with van der Waals surface area (Å²) in [6, 6.07) is 10.0. The van der Waals surface area contributed by atoms with E-state index in [0.29, 0.717) is 0 Å². The maximum absolute atomic E-state index is 5.77. The lowest BCUT2D eigenvalue weighted by molar-refractivity contribution is 0.110. The second kappa shape index (κ2) is 7.42. The highest BCUT2D eigenvalue weighted by Crippen LogP contribution is 2.09. The number of piperazine rings is 1. The van der Waals surface area contributed by atoms with Gasteiger partial charge in [-0.3, -0.25) is 9.80 Å². The Labute approximate surface area is 132 Å². The number of nitrogens with zero attached hydrogens (tertiary/aromatic N) is 4. The van der Waals surface area contributed by atoms with Crippen LogP contribution in [0.3, 0.4) is 0 Å². The molecule has 0 spiro atoms. The summed E-state index contributed by atoms with van der Waals surface area (Å²) in [6.07, 6.45) is 3.87. The fraction of sp³-hybridized carbons (Fsp3) is 0.471. The highest BCUT2D eigenvalue weighted by atomic mass is 16.5. The van der Waals surface area contributed by atoms with Crippen molar-refractivity contribution in [2.45, 2.75) is 6.54 Å². The lowest BCUT2D eigenvalue weighted by Crippen LogP contribution is -2.47. The first kappa shape index (κ1) is 15.1. The molecule has 22 heavy (non-hydrogen) atoms. The Morgan fingerprint density at radius 1 is 1.05 bits per heavy atom. The fourth-order valence-corrected chi connectivity index (χ4v) is 2.73. The minimum Gasteiger partial charge on any atom is -0.492 e. The summed E-state index contributed by atoms with van der Waals surface area (Å²) in [6.45, 7) is 7.08. The van der Waals surface area contributed by atoms with Crippen LogP contribution in [0.4, 0.5) is 0 Å². The van der Waals surface area contributed by atoms with E-state index in [1.54, 1.807) is 0 Å². The fourth-order valence-electron chi connectivity index (χ4n) is 2.73. The highest BCUT2D eigenvalue weighted by Gasteiger charge is 2.17. The van der Waals surface area contributed by atoms with Crippen molar-refractivity contribution in [3.63, 3.8) is 0 Å². The molecular formula is C17H24N4O. The number of aromatic nitrogens is 2. The standard InChI is InChI=1S/C17H24N4O/c1-19-8-7-18-17(19)15-21-11-9-20(10-12-21)13-14-22-16-5-3-2-4-6-16/h2-8H,9-15H2,1H3. The maximum atomic E-state index is 5.77. The van der Waals surface area contributed by atoms with Crippen molar-refractivity contribution >= 4 is 0 Å². The van der Waals surface area contributed by atoms with Crippen LogP contribution in [-0.4, -0.2) is 58.7 Å². The van der Waals surface area contributed by atoms with E-state index in [1.165, 1.54) is 0 Å². The van der Waals surface area contributed by atoms with E-state index >= 15 is 0 Å². The molecule has 0 atom stereocenters. The average molecular weight is 300 g/mol. The van der Waals surface area contributed by atoms with Gasteiger partial charge >= 0.3 is 0 Å². The Morgan fingerprint density at radius 3 is 2.45 bits per heavy atom. The zero-order chi connectivity index (χ0) is 15.2. The predicted molar refractivity (Wildman–Crippen MR) is 86.9 cm³/mol.